The van der Waals surface area contributed by atoms with Crippen LogP contribution in [-0.4, -0.2) is 12.5 Å². The van der Waals surface area contributed by atoms with E-state index >= 15 is 0 Å². The van der Waals surface area contributed by atoms with Crippen LogP contribution >= 0.6 is 0 Å². The molecule has 2 aromatic carbocycles. The maximum Gasteiger partial charge on any atom is 0.262 e. The van der Waals surface area contributed by atoms with Gasteiger partial charge in [0.15, 0.2) is 6.61 Å². The van der Waals surface area contributed by atoms with Crippen LogP contribution in [0.1, 0.15) is 24.0 Å². The van der Waals surface area contributed by atoms with Crippen LogP contribution in [0.5, 0.6) is 5.75 Å². The van der Waals surface area contributed by atoms with Gasteiger partial charge in [0.2, 0.25) is 0 Å². The lowest BCUT2D eigenvalue weighted by Crippen LogP contribution is -2.21. The summed E-state index contributed by atoms with van der Waals surface area (Å²) in [6.45, 7) is -0.227. The summed E-state index contributed by atoms with van der Waals surface area (Å²) in [6.07, 6.45) is 4.49. The number of amides is 1. The van der Waals surface area contributed by atoms with Gasteiger partial charge in [0.25, 0.3) is 5.91 Å². The second kappa shape index (κ2) is 6.77. The summed E-state index contributed by atoms with van der Waals surface area (Å²) in [6, 6.07) is 8.82. The van der Waals surface area contributed by atoms with E-state index < -0.39 is 17.5 Å². The molecule has 0 heterocycles. The number of carbonyl (C=O) groups excluding carboxylic acids is 1. The molecule has 0 unspecified atom stereocenters. The van der Waals surface area contributed by atoms with Crippen LogP contribution in [0.2, 0.25) is 0 Å². The summed E-state index contributed by atoms with van der Waals surface area (Å²) < 4.78 is 31.7. The first-order chi connectivity index (χ1) is 11.1. The SMILES string of the molecule is O=C(COc1ccc2c(c1)CCCC2)Nc1ccc(F)cc1F. The molecule has 1 aliphatic rings. The Bertz CT molecular complexity index is 731. The maximum absolute atomic E-state index is 13.5. The lowest BCUT2D eigenvalue weighted by atomic mass is 9.92. The number of benzene rings is 2. The third-order valence-corrected chi connectivity index (χ3v) is 3.90. The number of carbonyl (C=O) groups is 1. The average Bonchev–Trinajstić information content (AvgIpc) is 2.55. The van der Waals surface area contributed by atoms with Gasteiger partial charge in [-0.25, -0.2) is 8.78 Å². The Balaban J connectivity index is 1.58. The van der Waals surface area contributed by atoms with E-state index in [9.17, 15) is 13.6 Å². The molecule has 5 heteroatoms. The average molecular weight is 317 g/mol. The molecule has 2 aromatic rings. The zero-order valence-electron chi connectivity index (χ0n) is 12.6. The first kappa shape index (κ1) is 15.5. The smallest absolute Gasteiger partial charge is 0.262 e. The van der Waals surface area contributed by atoms with E-state index in [1.165, 1.54) is 30.0 Å². The molecule has 1 N–H and O–H groups in total. The molecule has 120 valence electrons. The Labute approximate surface area is 133 Å². The fourth-order valence-electron chi connectivity index (χ4n) is 2.73. The first-order valence-electron chi connectivity index (χ1n) is 7.61. The molecule has 0 aromatic heterocycles. The summed E-state index contributed by atoms with van der Waals surface area (Å²) >= 11 is 0. The first-order valence-corrected chi connectivity index (χ1v) is 7.61. The molecule has 1 aliphatic carbocycles. The van der Waals surface area contributed by atoms with Crippen LogP contribution in [0.25, 0.3) is 0 Å². The highest BCUT2D eigenvalue weighted by Crippen LogP contribution is 2.25. The van der Waals surface area contributed by atoms with E-state index in [1.807, 2.05) is 18.2 Å². The number of hydrogen-bond acceptors (Lipinski definition) is 2. The number of fused-ring (bicyclic) bond motifs is 1. The Kier molecular flexibility index (Phi) is 4.55. The third kappa shape index (κ3) is 3.86. The van der Waals surface area contributed by atoms with E-state index in [1.54, 1.807) is 0 Å². The van der Waals surface area contributed by atoms with E-state index in [4.69, 9.17) is 4.74 Å². The van der Waals surface area contributed by atoms with Crippen molar-refractivity contribution >= 4 is 11.6 Å². The van der Waals surface area contributed by atoms with Crippen molar-refractivity contribution in [2.75, 3.05) is 11.9 Å². The molecule has 0 saturated carbocycles. The van der Waals surface area contributed by atoms with E-state index in [-0.39, 0.29) is 12.3 Å². The molecule has 0 aliphatic heterocycles. The molecular weight excluding hydrogens is 300 g/mol. The normalized spacial score (nSPS) is 13.3. The second-order valence-corrected chi connectivity index (χ2v) is 5.60. The lowest BCUT2D eigenvalue weighted by molar-refractivity contribution is -0.118. The van der Waals surface area contributed by atoms with E-state index in [0.29, 0.717) is 5.75 Å². The third-order valence-electron chi connectivity index (χ3n) is 3.90. The highest BCUT2D eigenvalue weighted by Gasteiger charge is 2.12. The zero-order valence-corrected chi connectivity index (χ0v) is 12.6. The Hall–Kier alpha value is -2.43. The molecule has 23 heavy (non-hydrogen) atoms. The number of ether oxygens (including phenoxy) is 1. The van der Waals surface area contributed by atoms with Crippen LogP contribution in [0.4, 0.5) is 14.5 Å². The number of halogens is 2. The van der Waals surface area contributed by atoms with Gasteiger partial charge in [0.1, 0.15) is 17.4 Å². The van der Waals surface area contributed by atoms with Crippen LogP contribution in [-0.2, 0) is 17.6 Å². The maximum atomic E-state index is 13.5. The Morgan fingerprint density at radius 2 is 1.83 bits per heavy atom. The largest absolute Gasteiger partial charge is 0.484 e. The minimum atomic E-state index is -0.813. The fraction of sp³-hybridized carbons (Fsp3) is 0.278. The summed E-state index contributed by atoms with van der Waals surface area (Å²) in [5.74, 6) is -1.37. The fourth-order valence-corrected chi connectivity index (χ4v) is 2.73. The monoisotopic (exact) mass is 317 g/mol. The van der Waals surface area contributed by atoms with Crippen molar-refractivity contribution < 1.29 is 18.3 Å². The van der Waals surface area contributed by atoms with Crippen molar-refractivity contribution in [3.05, 3.63) is 59.2 Å². The van der Waals surface area contributed by atoms with Crippen molar-refractivity contribution in [3.63, 3.8) is 0 Å². The van der Waals surface area contributed by atoms with Gasteiger partial charge >= 0.3 is 0 Å². The van der Waals surface area contributed by atoms with Crippen molar-refractivity contribution in [1.29, 1.82) is 0 Å². The molecule has 0 saturated heterocycles. The van der Waals surface area contributed by atoms with Gasteiger partial charge in [-0.15, -0.1) is 0 Å². The van der Waals surface area contributed by atoms with Gasteiger partial charge in [-0.3, -0.25) is 4.79 Å². The molecule has 0 fully saturated rings. The molecule has 0 atom stereocenters. The number of hydrogen-bond donors (Lipinski definition) is 1. The quantitative estimate of drug-likeness (QED) is 0.930. The molecule has 0 radical (unpaired) electrons. The Morgan fingerprint density at radius 1 is 1.04 bits per heavy atom. The van der Waals surface area contributed by atoms with Crippen LogP contribution in [0.3, 0.4) is 0 Å². The predicted octanol–water partition coefficient (Wildman–Crippen LogP) is 3.86. The molecular formula is C18H17F2NO2. The molecule has 1 amide bonds. The van der Waals surface area contributed by atoms with Gasteiger partial charge in [-0.1, -0.05) is 6.07 Å². The van der Waals surface area contributed by atoms with Crippen LogP contribution in [0, 0.1) is 11.6 Å². The van der Waals surface area contributed by atoms with E-state index in [0.717, 1.165) is 25.0 Å². The number of nitrogens with one attached hydrogen (secondary N) is 1. The summed E-state index contributed by atoms with van der Waals surface area (Å²) in [5.41, 5.74) is 2.53. The lowest BCUT2D eigenvalue weighted by Gasteiger charge is -2.16. The standard InChI is InChI=1S/C18H17F2NO2/c19-14-6-8-17(16(20)10-14)21-18(22)11-23-15-7-5-12-3-1-2-4-13(12)9-15/h5-10H,1-4,11H2,(H,21,22). The minimum Gasteiger partial charge on any atom is -0.484 e. The van der Waals surface area contributed by atoms with E-state index in [2.05, 4.69) is 5.32 Å². The van der Waals surface area contributed by atoms with Gasteiger partial charge < -0.3 is 10.1 Å². The zero-order chi connectivity index (χ0) is 16.2. The second-order valence-electron chi connectivity index (χ2n) is 5.60. The van der Waals surface area contributed by atoms with Crippen molar-refractivity contribution in [3.8, 4) is 5.75 Å². The van der Waals surface area contributed by atoms with Crippen molar-refractivity contribution in [2.45, 2.75) is 25.7 Å². The molecule has 0 bridgehead atoms. The van der Waals surface area contributed by atoms with Crippen molar-refractivity contribution in [1.82, 2.24) is 0 Å². The van der Waals surface area contributed by atoms with Gasteiger partial charge in [0, 0.05) is 6.07 Å². The highest BCUT2D eigenvalue weighted by atomic mass is 19.1. The summed E-state index contributed by atoms with van der Waals surface area (Å²) in [5, 5.41) is 2.36. The number of rotatable bonds is 4. The summed E-state index contributed by atoms with van der Waals surface area (Å²) in [7, 11) is 0. The van der Waals surface area contributed by atoms with Gasteiger partial charge in [-0.05, 0) is 61.1 Å². The predicted molar refractivity (Wildman–Crippen MR) is 83.6 cm³/mol. The molecule has 0 spiro atoms. The van der Waals surface area contributed by atoms with Crippen molar-refractivity contribution in [2.24, 2.45) is 0 Å². The number of anilines is 1. The number of aryl methyl sites for hydroxylation is 2. The highest BCUT2D eigenvalue weighted by molar-refractivity contribution is 5.91. The molecule has 3 nitrogen and oxygen atoms in total. The summed E-state index contributed by atoms with van der Waals surface area (Å²) in [4.78, 5) is 11.8. The molecule has 3 rings (SSSR count). The minimum absolute atomic E-state index is 0.0644. The van der Waals surface area contributed by atoms with Crippen LogP contribution in [0.15, 0.2) is 36.4 Å². The van der Waals surface area contributed by atoms with Crippen LogP contribution < -0.4 is 10.1 Å². The van der Waals surface area contributed by atoms with Gasteiger partial charge in [0.05, 0.1) is 5.69 Å². The Morgan fingerprint density at radius 3 is 2.61 bits per heavy atom. The topological polar surface area (TPSA) is 38.3 Å². The van der Waals surface area contributed by atoms with Gasteiger partial charge in [-0.2, -0.15) is 0 Å².